The van der Waals surface area contributed by atoms with E-state index in [2.05, 4.69) is 20.7 Å². The van der Waals surface area contributed by atoms with Crippen LogP contribution in [0, 0.1) is 6.92 Å². The van der Waals surface area contributed by atoms with Crippen LogP contribution in [0.1, 0.15) is 50.5 Å². The van der Waals surface area contributed by atoms with Crippen LogP contribution in [0.3, 0.4) is 0 Å². The minimum atomic E-state index is -0.216. The van der Waals surface area contributed by atoms with Crippen molar-refractivity contribution in [2.75, 3.05) is 19.7 Å². The maximum absolute atomic E-state index is 13.1. The number of rotatable bonds is 8. The molecule has 9 heteroatoms. The second kappa shape index (κ2) is 10.7. The molecule has 1 aliphatic carbocycles. The standard InChI is InChI=1S/C23H32N6O3/c1-17-9-11-18(12-10-17)23-25-27-29(26-23)16-22(31)28(14-20-8-5-13-32-20)15-21(30)24-19-6-3-2-4-7-19/h9-12,19-20H,2-8,13-16H2,1H3,(H,24,30). The summed E-state index contributed by atoms with van der Waals surface area (Å²) in [6.07, 6.45) is 7.37. The van der Waals surface area contributed by atoms with E-state index in [0.717, 1.165) is 49.7 Å². The first kappa shape index (κ1) is 22.4. The molecule has 0 radical (unpaired) electrons. The van der Waals surface area contributed by atoms with Gasteiger partial charge in [-0.25, -0.2) is 0 Å². The van der Waals surface area contributed by atoms with Gasteiger partial charge in [0, 0.05) is 24.8 Å². The molecule has 1 aliphatic heterocycles. The summed E-state index contributed by atoms with van der Waals surface area (Å²) >= 11 is 0. The Kier molecular flexibility index (Phi) is 7.47. The number of nitrogens with one attached hydrogen (secondary N) is 1. The van der Waals surface area contributed by atoms with Gasteiger partial charge < -0.3 is 15.0 Å². The van der Waals surface area contributed by atoms with Gasteiger partial charge in [0.25, 0.3) is 0 Å². The molecule has 2 aromatic rings. The summed E-state index contributed by atoms with van der Waals surface area (Å²) in [6.45, 7) is 3.07. The molecule has 32 heavy (non-hydrogen) atoms. The molecule has 0 bridgehead atoms. The SMILES string of the molecule is Cc1ccc(-c2nnn(CC(=O)N(CC(=O)NC3CCCCC3)CC3CCCO3)n2)cc1. The lowest BCUT2D eigenvalue weighted by atomic mass is 9.95. The highest BCUT2D eigenvalue weighted by atomic mass is 16.5. The summed E-state index contributed by atoms with van der Waals surface area (Å²) in [5.41, 5.74) is 1.99. The van der Waals surface area contributed by atoms with E-state index in [4.69, 9.17) is 4.74 Å². The molecule has 0 spiro atoms. The number of carbonyl (C=O) groups is 2. The first-order valence-electron chi connectivity index (χ1n) is 11.6. The quantitative estimate of drug-likeness (QED) is 0.675. The Morgan fingerprint density at radius 3 is 2.62 bits per heavy atom. The van der Waals surface area contributed by atoms with Crippen molar-refractivity contribution in [2.45, 2.75) is 70.6 Å². The van der Waals surface area contributed by atoms with Gasteiger partial charge in [0.05, 0.1) is 12.6 Å². The molecule has 2 amide bonds. The Labute approximate surface area is 188 Å². The van der Waals surface area contributed by atoms with Gasteiger partial charge in [0.2, 0.25) is 17.6 Å². The molecule has 4 rings (SSSR count). The van der Waals surface area contributed by atoms with Crippen molar-refractivity contribution in [1.82, 2.24) is 30.4 Å². The predicted molar refractivity (Wildman–Crippen MR) is 119 cm³/mol. The van der Waals surface area contributed by atoms with E-state index in [0.29, 0.717) is 19.0 Å². The topological polar surface area (TPSA) is 102 Å². The number of hydrogen-bond donors (Lipinski definition) is 1. The van der Waals surface area contributed by atoms with Crippen LogP contribution >= 0.6 is 0 Å². The zero-order valence-electron chi connectivity index (χ0n) is 18.7. The maximum atomic E-state index is 13.1. The maximum Gasteiger partial charge on any atom is 0.246 e. The number of nitrogens with zero attached hydrogens (tertiary/aromatic N) is 5. The summed E-state index contributed by atoms with van der Waals surface area (Å²) in [5.74, 6) is 0.140. The fourth-order valence-electron chi connectivity index (χ4n) is 4.33. The van der Waals surface area contributed by atoms with Gasteiger partial charge in [0.15, 0.2) is 0 Å². The zero-order valence-corrected chi connectivity index (χ0v) is 18.7. The average Bonchev–Trinajstić information content (AvgIpc) is 3.47. The molecule has 1 unspecified atom stereocenters. The van der Waals surface area contributed by atoms with Crippen molar-refractivity contribution in [3.05, 3.63) is 29.8 Å². The normalized spacial score (nSPS) is 19.1. The van der Waals surface area contributed by atoms with Crippen molar-refractivity contribution in [3.8, 4) is 11.4 Å². The van der Waals surface area contributed by atoms with Crippen LogP contribution in [-0.2, 0) is 20.9 Å². The highest BCUT2D eigenvalue weighted by Gasteiger charge is 2.26. The molecule has 1 aromatic carbocycles. The number of hydrogen-bond acceptors (Lipinski definition) is 6. The van der Waals surface area contributed by atoms with Crippen molar-refractivity contribution in [3.63, 3.8) is 0 Å². The molecule has 2 aliphatic rings. The highest BCUT2D eigenvalue weighted by molar-refractivity contribution is 5.84. The van der Waals surface area contributed by atoms with Crippen molar-refractivity contribution in [1.29, 1.82) is 0 Å². The lowest BCUT2D eigenvalue weighted by Gasteiger charge is -2.27. The van der Waals surface area contributed by atoms with Crippen LogP contribution < -0.4 is 5.32 Å². The van der Waals surface area contributed by atoms with Gasteiger partial charge in [-0.1, -0.05) is 49.1 Å². The number of carbonyl (C=O) groups excluding carboxylic acids is 2. The van der Waals surface area contributed by atoms with Gasteiger partial charge in [0.1, 0.15) is 6.54 Å². The van der Waals surface area contributed by atoms with Gasteiger partial charge in [-0.05, 0) is 37.8 Å². The molecule has 1 atom stereocenters. The summed E-state index contributed by atoms with van der Waals surface area (Å²) in [7, 11) is 0. The average molecular weight is 441 g/mol. The third-order valence-corrected chi connectivity index (χ3v) is 6.14. The minimum Gasteiger partial charge on any atom is -0.376 e. The Hall–Kier alpha value is -2.81. The molecular formula is C23H32N6O3. The third kappa shape index (κ3) is 6.12. The number of benzene rings is 1. The summed E-state index contributed by atoms with van der Waals surface area (Å²) in [6, 6.07) is 8.03. The molecular weight excluding hydrogens is 408 g/mol. The number of ether oxygens (including phenoxy) is 1. The molecule has 1 saturated heterocycles. The fourth-order valence-corrected chi connectivity index (χ4v) is 4.33. The Bertz CT molecular complexity index is 901. The van der Waals surface area contributed by atoms with Gasteiger partial charge in [-0.2, -0.15) is 4.80 Å². The van der Waals surface area contributed by atoms with Crippen molar-refractivity contribution < 1.29 is 14.3 Å². The summed E-state index contributed by atoms with van der Waals surface area (Å²) in [5, 5.41) is 15.6. The van der Waals surface area contributed by atoms with E-state index in [1.54, 1.807) is 4.90 Å². The fraction of sp³-hybridized carbons (Fsp3) is 0.609. The van der Waals surface area contributed by atoms with E-state index in [9.17, 15) is 9.59 Å². The smallest absolute Gasteiger partial charge is 0.246 e. The lowest BCUT2D eigenvalue weighted by molar-refractivity contribution is -0.138. The van der Waals surface area contributed by atoms with Crippen molar-refractivity contribution in [2.24, 2.45) is 0 Å². The highest BCUT2D eigenvalue weighted by Crippen LogP contribution is 2.18. The minimum absolute atomic E-state index is 0.0225. The third-order valence-electron chi connectivity index (χ3n) is 6.14. The number of tetrazole rings is 1. The van der Waals surface area contributed by atoms with Crippen LogP contribution in [-0.4, -0.2) is 68.8 Å². The van der Waals surface area contributed by atoms with Gasteiger partial charge >= 0.3 is 0 Å². The summed E-state index contributed by atoms with van der Waals surface area (Å²) < 4.78 is 5.71. The van der Waals surface area contributed by atoms with Crippen LogP contribution in [0.25, 0.3) is 11.4 Å². The van der Waals surface area contributed by atoms with Gasteiger partial charge in [-0.15, -0.1) is 10.2 Å². The molecule has 1 saturated carbocycles. The molecule has 2 heterocycles. The Morgan fingerprint density at radius 1 is 1.12 bits per heavy atom. The molecule has 1 N–H and O–H groups in total. The van der Waals surface area contributed by atoms with Crippen LogP contribution in [0.15, 0.2) is 24.3 Å². The van der Waals surface area contributed by atoms with Gasteiger partial charge in [-0.3, -0.25) is 9.59 Å². The second-order valence-electron chi connectivity index (χ2n) is 8.82. The lowest BCUT2D eigenvalue weighted by Crippen LogP contribution is -2.47. The number of aryl methyl sites for hydroxylation is 1. The molecule has 1 aromatic heterocycles. The Morgan fingerprint density at radius 2 is 1.91 bits per heavy atom. The van der Waals surface area contributed by atoms with E-state index < -0.39 is 0 Å². The van der Waals surface area contributed by atoms with Crippen LogP contribution in [0.5, 0.6) is 0 Å². The monoisotopic (exact) mass is 440 g/mol. The van der Waals surface area contributed by atoms with E-state index in [1.165, 1.54) is 11.2 Å². The first-order valence-corrected chi connectivity index (χ1v) is 11.6. The molecule has 2 fully saturated rings. The van der Waals surface area contributed by atoms with E-state index >= 15 is 0 Å². The van der Waals surface area contributed by atoms with E-state index in [1.807, 2.05) is 31.2 Å². The number of amides is 2. The van der Waals surface area contributed by atoms with Crippen LogP contribution in [0.4, 0.5) is 0 Å². The molecule has 172 valence electrons. The second-order valence-corrected chi connectivity index (χ2v) is 8.82. The first-order chi connectivity index (χ1) is 15.6. The zero-order chi connectivity index (χ0) is 22.3. The van der Waals surface area contributed by atoms with Crippen molar-refractivity contribution >= 4 is 11.8 Å². The number of aromatic nitrogens is 4. The van der Waals surface area contributed by atoms with Crippen LogP contribution in [0.2, 0.25) is 0 Å². The van der Waals surface area contributed by atoms with E-state index in [-0.39, 0.29) is 37.0 Å². The largest absolute Gasteiger partial charge is 0.376 e. The Balaban J connectivity index is 1.39. The summed E-state index contributed by atoms with van der Waals surface area (Å²) in [4.78, 5) is 28.6. The predicted octanol–water partition coefficient (Wildman–Crippen LogP) is 2.11. The molecule has 9 nitrogen and oxygen atoms in total.